The summed E-state index contributed by atoms with van der Waals surface area (Å²) in [5, 5.41) is 13.7. The summed E-state index contributed by atoms with van der Waals surface area (Å²) in [6.45, 7) is 5.53. The molecule has 0 fully saturated rings. The van der Waals surface area contributed by atoms with Crippen LogP contribution in [0.3, 0.4) is 0 Å². The van der Waals surface area contributed by atoms with E-state index in [4.69, 9.17) is 8.83 Å². The van der Waals surface area contributed by atoms with Crippen LogP contribution in [0.4, 0.5) is 0 Å². The molecule has 8 heteroatoms. The molecule has 176 valence electrons. The van der Waals surface area contributed by atoms with E-state index in [9.17, 15) is 19.5 Å². The number of carboxylic acid groups (broad SMARTS) is 1. The number of carbonyl (C=O) groups is 2. The predicted octanol–water partition coefficient (Wildman–Crippen LogP) is 4.51. The Labute approximate surface area is 200 Å². The van der Waals surface area contributed by atoms with Crippen molar-refractivity contribution < 1.29 is 23.5 Å². The van der Waals surface area contributed by atoms with Crippen LogP contribution < -0.4 is 10.9 Å². The third-order valence-corrected chi connectivity index (χ3v) is 7.01. The van der Waals surface area contributed by atoms with Crippen molar-refractivity contribution in [1.29, 1.82) is 0 Å². The summed E-state index contributed by atoms with van der Waals surface area (Å²) in [4.78, 5) is 37.1. The van der Waals surface area contributed by atoms with Gasteiger partial charge in [0.25, 0.3) is 0 Å². The van der Waals surface area contributed by atoms with Gasteiger partial charge in [-0.3, -0.25) is 4.79 Å². The Morgan fingerprint density at radius 1 is 1.06 bits per heavy atom. The number of amides is 1. The van der Waals surface area contributed by atoms with Gasteiger partial charge in [-0.15, -0.1) is 0 Å². The zero-order valence-electron chi connectivity index (χ0n) is 19.1. The first-order chi connectivity index (χ1) is 16.3. The summed E-state index contributed by atoms with van der Waals surface area (Å²) in [6, 6.07) is 10.5. The van der Waals surface area contributed by atoms with Crippen molar-refractivity contribution >= 4 is 45.6 Å². The van der Waals surface area contributed by atoms with Crippen LogP contribution in [0.1, 0.15) is 27.8 Å². The second kappa shape index (κ2) is 9.77. The molecule has 0 unspecified atom stereocenters. The SMILES string of the molecule is Cc1coc2c(C)c3oc(=O)c(CC(=O)N[C@@H](CSCc4ccccc4)C(=O)O)c(C)c3cc12. The lowest BCUT2D eigenvalue weighted by Crippen LogP contribution is -2.43. The lowest BCUT2D eigenvalue weighted by molar-refractivity contribution is -0.141. The van der Waals surface area contributed by atoms with Crippen molar-refractivity contribution in [3.8, 4) is 0 Å². The summed E-state index contributed by atoms with van der Waals surface area (Å²) in [5.41, 5.74) is 4.08. The van der Waals surface area contributed by atoms with Gasteiger partial charge < -0.3 is 19.3 Å². The molecule has 0 aliphatic carbocycles. The topological polar surface area (TPSA) is 110 Å². The summed E-state index contributed by atoms with van der Waals surface area (Å²) >= 11 is 1.42. The van der Waals surface area contributed by atoms with Crippen molar-refractivity contribution in [3.05, 3.63) is 80.9 Å². The third kappa shape index (κ3) is 4.72. The highest BCUT2D eigenvalue weighted by Crippen LogP contribution is 2.32. The van der Waals surface area contributed by atoms with Crippen LogP contribution in [0.15, 0.2) is 56.3 Å². The molecule has 2 heterocycles. The van der Waals surface area contributed by atoms with E-state index in [-0.39, 0.29) is 17.7 Å². The molecule has 34 heavy (non-hydrogen) atoms. The zero-order chi connectivity index (χ0) is 24.4. The number of benzene rings is 2. The van der Waals surface area contributed by atoms with E-state index < -0.39 is 23.5 Å². The molecule has 1 amide bonds. The molecule has 0 saturated heterocycles. The smallest absolute Gasteiger partial charge is 0.340 e. The van der Waals surface area contributed by atoms with E-state index in [1.54, 1.807) is 13.2 Å². The molecule has 2 aromatic heterocycles. The van der Waals surface area contributed by atoms with E-state index in [1.807, 2.05) is 50.2 Å². The summed E-state index contributed by atoms with van der Waals surface area (Å²) in [5.74, 6) is -0.822. The van der Waals surface area contributed by atoms with Gasteiger partial charge in [0.1, 0.15) is 17.2 Å². The van der Waals surface area contributed by atoms with Crippen LogP contribution in [0.25, 0.3) is 21.9 Å². The standard InChI is InChI=1S/C26H25NO6S/c1-14-11-32-23-16(3)24-19(9-18(14)23)15(2)20(26(31)33-24)10-22(28)27-21(25(29)30)13-34-12-17-7-5-4-6-8-17/h4-9,11,21H,10,12-13H2,1-3H3,(H,27,28)(H,29,30)/t21-/m0/s1. The minimum absolute atomic E-state index is 0.207. The largest absolute Gasteiger partial charge is 0.480 e. The van der Waals surface area contributed by atoms with E-state index in [1.165, 1.54) is 11.8 Å². The number of carboxylic acids is 1. The molecule has 0 spiro atoms. The van der Waals surface area contributed by atoms with E-state index in [0.717, 1.165) is 27.5 Å². The molecule has 2 N–H and O–H groups in total. The molecule has 0 saturated carbocycles. The van der Waals surface area contributed by atoms with Crippen molar-refractivity contribution in [2.75, 3.05) is 5.75 Å². The lowest BCUT2D eigenvalue weighted by atomic mass is 9.99. The Morgan fingerprint density at radius 2 is 1.79 bits per heavy atom. The number of rotatable bonds is 8. The van der Waals surface area contributed by atoms with Crippen LogP contribution in [0.5, 0.6) is 0 Å². The van der Waals surface area contributed by atoms with Crippen LogP contribution in [0, 0.1) is 20.8 Å². The van der Waals surface area contributed by atoms with Crippen LogP contribution >= 0.6 is 11.8 Å². The first kappa shape index (κ1) is 23.6. The molecule has 2 aromatic carbocycles. The molecule has 0 aliphatic heterocycles. The van der Waals surface area contributed by atoms with Gasteiger partial charge in [0.05, 0.1) is 18.2 Å². The number of hydrogen-bond acceptors (Lipinski definition) is 6. The highest BCUT2D eigenvalue weighted by Gasteiger charge is 2.23. The van der Waals surface area contributed by atoms with Gasteiger partial charge in [-0.1, -0.05) is 30.3 Å². The first-order valence-electron chi connectivity index (χ1n) is 10.8. The van der Waals surface area contributed by atoms with Crippen LogP contribution in [-0.4, -0.2) is 28.8 Å². The zero-order valence-corrected chi connectivity index (χ0v) is 20.0. The number of nitrogens with one attached hydrogen (secondary N) is 1. The fourth-order valence-corrected chi connectivity index (χ4v) is 4.98. The number of thioether (sulfide) groups is 1. The minimum Gasteiger partial charge on any atom is -0.480 e. The predicted molar refractivity (Wildman–Crippen MR) is 132 cm³/mol. The fourth-order valence-electron chi connectivity index (χ4n) is 3.97. The van der Waals surface area contributed by atoms with Crippen LogP contribution in [0.2, 0.25) is 0 Å². The molecular weight excluding hydrogens is 454 g/mol. The highest BCUT2D eigenvalue weighted by atomic mass is 32.2. The number of fused-ring (bicyclic) bond motifs is 2. The minimum atomic E-state index is -1.12. The number of furan rings is 1. The number of aryl methyl sites for hydroxylation is 3. The maximum Gasteiger partial charge on any atom is 0.340 e. The summed E-state index contributed by atoms with van der Waals surface area (Å²) < 4.78 is 11.2. The van der Waals surface area contributed by atoms with Gasteiger partial charge in [0.2, 0.25) is 5.91 Å². The van der Waals surface area contributed by atoms with Crippen LogP contribution in [-0.2, 0) is 21.8 Å². The average Bonchev–Trinajstić information content (AvgIpc) is 3.18. The Balaban J connectivity index is 1.53. The molecule has 4 aromatic rings. The van der Waals surface area contributed by atoms with Gasteiger partial charge in [-0.05, 0) is 43.5 Å². The highest BCUT2D eigenvalue weighted by molar-refractivity contribution is 7.98. The van der Waals surface area contributed by atoms with Gasteiger partial charge in [0.15, 0.2) is 0 Å². The van der Waals surface area contributed by atoms with Gasteiger partial charge in [-0.25, -0.2) is 9.59 Å². The summed E-state index contributed by atoms with van der Waals surface area (Å²) in [7, 11) is 0. The van der Waals surface area contributed by atoms with Crippen molar-refractivity contribution in [1.82, 2.24) is 5.32 Å². The van der Waals surface area contributed by atoms with Crippen molar-refractivity contribution in [3.63, 3.8) is 0 Å². The van der Waals surface area contributed by atoms with E-state index in [0.29, 0.717) is 22.5 Å². The second-order valence-electron chi connectivity index (χ2n) is 8.30. The monoisotopic (exact) mass is 479 g/mol. The third-order valence-electron chi connectivity index (χ3n) is 5.90. The lowest BCUT2D eigenvalue weighted by Gasteiger charge is -2.15. The van der Waals surface area contributed by atoms with E-state index in [2.05, 4.69) is 5.32 Å². The Morgan fingerprint density at radius 3 is 2.50 bits per heavy atom. The van der Waals surface area contributed by atoms with Crippen molar-refractivity contribution in [2.45, 2.75) is 39.0 Å². The fraction of sp³-hybridized carbons (Fsp3) is 0.269. The molecular formula is C26H25NO6S. The number of aliphatic carboxylic acids is 1. The van der Waals surface area contributed by atoms with Gasteiger partial charge in [0, 0.05) is 27.8 Å². The summed E-state index contributed by atoms with van der Waals surface area (Å²) in [6.07, 6.45) is 1.39. The average molecular weight is 480 g/mol. The molecule has 0 radical (unpaired) electrons. The maximum atomic E-state index is 12.7. The molecule has 7 nitrogen and oxygen atoms in total. The molecule has 1 atom stereocenters. The Hall–Kier alpha value is -3.52. The molecule has 0 aliphatic rings. The van der Waals surface area contributed by atoms with Gasteiger partial charge >= 0.3 is 11.6 Å². The Kier molecular flexibility index (Phi) is 6.79. The molecule has 0 bridgehead atoms. The first-order valence-corrected chi connectivity index (χ1v) is 12.0. The van der Waals surface area contributed by atoms with Gasteiger partial charge in [-0.2, -0.15) is 11.8 Å². The van der Waals surface area contributed by atoms with E-state index >= 15 is 0 Å². The quantitative estimate of drug-likeness (QED) is 0.358. The molecule has 4 rings (SSSR count). The second-order valence-corrected chi connectivity index (χ2v) is 9.33. The number of carbonyl (C=O) groups excluding carboxylic acids is 1. The normalized spacial score (nSPS) is 12.2. The van der Waals surface area contributed by atoms with Crippen molar-refractivity contribution in [2.24, 2.45) is 0 Å². The maximum absolute atomic E-state index is 12.7. The Bertz CT molecular complexity index is 1440. The number of hydrogen-bond donors (Lipinski definition) is 2.